The van der Waals surface area contributed by atoms with Crippen molar-refractivity contribution < 1.29 is 14.2 Å². The van der Waals surface area contributed by atoms with Crippen LogP contribution in [0.25, 0.3) is 0 Å². The summed E-state index contributed by atoms with van der Waals surface area (Å²) in [6.45, 7) is 13.1. The monoisotopic (exact) mass is 471 g/mol. The Hall–Kier alpha value is -0.120. The number of guanidine groups is 1. The average molecular weight is 471 g/mol. The summed E-state index contributed by atoms with van der Waals surface area (Å²) in [5.74, 6) is 1.37. The summed E-state index contributed by atoms with van der Waals surface area (Å²) in [4.78, 5) is 4.74. The van der Waals surface area contributed by atoms with Crippen molar-refractivity contribution in [1.82, 2.24) is 10.6 Å². The van der Waals surface area contributed by atoms with Crippen LogP contribution in [-0.4, -0.2) is 64.2 Å². The molecule has 150 valence electrons. The molecule has 0 bridgehead atoms. The molecule has 0 aromatic carbocycles. The first-order valence-corrected chi connectivity index (χ1v) is 9.33. The molecule has 0 aromatic rings. The first kappa shape index (κ1) is 24.9. The number of rotatable bonds is 10. The predicted octanol–water partition coefficient (Wildman–Crippen LogP) is 2.81. The Morgan fingerprint density at radius 2 is 1.88 bits per heavy atom. The van der Waals surface area contributed by atoms with Gasteiger partial charge in [-0.1, -0.05) is 13.8 Å². The molecule has 2 N–H and O–H groups in total. The SMILES string of the molecule is CCNC(=NCC1(OC)CCOCC1)NCCC(OCC)C(C)C.I. The van der Waals surface area contributed by atoms with Crippen molar-refractivity contribution in [1.29, 1.82) is 0 Å². The quantitative estimate of drug-likeness (QED) is 0.292. The maximum absolute atomic E-state index is 5.80. The molecule has 0 radical (unpaired) electrons. The molecule has 1 unspecified atom stereocenters. The fourth-order valence-corrected chi connectivity index (χ4v) is 2.89. The zero-order valence-corrected chi connectivity index (χ0v) is 18.9. The highest BCUT2D eigenvalue weighted by Gasteiger charge is 2.32. The minimum Gasteiger partial charge on any atom is -0.381 e. The van der Waals surface area contributed by atoms with E-state index in [2.05, 4.69) is 31.4 Å². The van der Waals surface area contributed by atoms with Crippen LogP contribution in [-0.2, 0) is 14.2 Å². The Bertz CT molecular complexity index is 361. The van der Waals surface area contributed by atoms with E-state index < -0.39 is 0 Å². The lowest BCUT2D eigenvalue weighted by atomic mass is 9.94. The normalized spacial score (nSPS) is 18.6. The summed E-state index contributed by atoms with van der Waals surface area (Å²) in [7, 11) is 1.77. The number of methoxy groups -OCH3 is 1. The van der Waals surface area contributed by atoms with Crippen LogP contribution in [0.1, 0.15) is 47.0 Å². The van der Waals surface area contributed by atoms with Gasteiger partial charge in [0.05, 0.1) is 18.2 Å². The van der Waals surface area contributed by atoms with E-state index in [4.69, 9.17) is 19.2 Å². The van der Waals surface area contributed by atoms with Gasteiger partial charge in [0, 0.05) is 52.9 Å². The Morgan fingerprint density at radius 3 is 2.40 bits per heavy atom. The first-order chi connectivity index (χ1) is 11.6. The van der Waals surface area contributed by atoms with Crippen LogP contribution in [0.5, 0.6) is 0 Å². The van der Waals surface area contributed by atoms with E-state index in [1.807, 2.05) is 6.92 Å². The van der Waals surface area contributed by atoms with Gasteiger partial charge >= 0.3 is 0 Å². The molecule has 1 rings (SSSR count). The van der Waals surface area contributed by atoms with E-state index in [1.54, 1.807) is 7.11 Å². The van der Waals surface area contributed by atoms with E-state index in [1.165, 1.54) is 0 Å². The van der Waals surface area contributed by atoms with Crippen LogP contribution in [0.2, 0.25) is 0 Å². The molecule has 0 saturated carbocycles. The number of hydrogen-bond donors (Lipinski definition) is 2. The van der Waals surface area contributed by atoms with Crippen molar-refractivity contribution in [3.63, 3.8) is 0 Å². The third kappa shape index (κ3) is 9.40. The summed E-state index contributed by atoms with van der Waals surface area (Å²) in [6.07, 6.45) is 3.04. The zero-order chi connectivity index (χ0) is 17.8. The third-order valence-corrected chi connectivity index (χ3v) is 4.55. The maximum Gasteiger partial charge on any atom is 0.191 e. The number of aliphatic imine (C=N–C) groups is 1. The van der Waals surface area contributed by atoms with Gasteiger partial charge in [-0.2, -0.15) is 0 Å². The summed E-state index contributed by atoms with van der Waals surface area (Å²) in [5, 5.41) is 6.73. The largest absolute Gasteiger partial charge is 0.381 e. The van der Waals surface area contributed by atoms with Crippen molar-refractivity contribution >= 4 is 29.9 Å². The van der Waals surface area contributed by atoms with Gasteiger partial charge in [0.15, 0.2) is 5.96 Å². The summed E-state index contributed by atoms with van der Waals surface area (Å²) < 4.78 is 17.0. The second kappa shape index (κ2) is 14.0. The van der Waals surface area contributed by atoms with E-state index in [9.17, 15) is 0 Å². The van der Waals surface area contributed by atoms with Gasteiger partial charge in [0.25, 0.3) is 0 Å². The molecule has 25 heavy (non-hydrogen) atoms. The van der Waals surface area contributed by atoms with Crippen LogP contribution in [0.3, 0.4) is 0 Å². The van der Waals surface area contributed by atoms with E-state index in [0.717, 1.165) is 58.1 Å². The van der Waals surface area contributed by atoms with Crippen molar-refractivity contribution in [3.05, 3.63) is 0 Å². The second-order valence-corrected chi connectivity index (χ2v) is 6.65. The molecule has 1 aliphatic heterocycles. The molecule has 0 amide bonds. The lowest BCUT2D eigenvalue weighted by Gasteiger charge is -2.34. The smallest absolute Gasteiger partial charge is 0.191 e. The Labute approximate surface area is 170 Å². The van der Waals surface area contributed by atoms with Crippen molar-refractivity contribution in [2.75, 3.05) is 46.6 Å². The number of hydrogen-bond acceptors (Lipinski definition) is 4. The second-order valence-electron chi connectivity index (χ2n) is 6.65. The van der Waals surface area contributed by atoms with Gasteiger partial charge in [-0.25, -0.2) is 0 Å². The van der Waals surface area contributed by atoms with Gasteiger partial charge in [-0.05, 0) is 26.2 Å². The molecule has 1 aliphatic rings. The molecule has 1 heterocycles. The molecule has 6 nitrogen and oxygen atoms in total. The highest BCUT2D eigenvalue weighted by molar-refractivity contribution is 14.0. The minimum absolute atomic E-state index is 0. The summed E-state index contributed by atoms with van der Waals surface area (Å²) in [6, 6.07) is 0. The van der Waals surface area contributed by atoms with Crippen LogP contribution in [0.15, 0.2) is 4.99 Å². The predicted molar refractivity (Wildman–Crippen MR) is 114 cm³/mol. The molecule has 1 fully saturated rings. The number of nitrogens with one attached hydrogen (secondary N) is 2. The molecular weight excluding hydrogens is 433 g/mol. The molecule has 0 aliphatic carbocycles. The highest BCUT2D eigenvalue weighted by Crippen LogP contribution is 2.24. The van der Waals surface area contributed by atoms with E-state index in [0.29, 0.717) is 12.5 Å². The third-order valence-electron chi connectivity index (χ3n) is 4.55. The van der Waals surface area contributed by atoms with E-state index >= 15 is 0 Å². The minimum atomic E-state index is -0.188. The van der Waals surface area contributed by atoms with Crippen molar-refractivity contribution in [2.45, 2.75) is 58.7 Å². The van der Waals surface area contributed by atoms with Crippen molar-refractivity contribution in [3.8, 4) is 0 Å². The number of ether oxygens (including phenoxy) is 3. The molecule has 0 spiro atoms. The van der Waals surface area contributed by atoms with Crippen LogP contribution in [0, 0.1) is 5.92 Å². The van der Waals surface area contributed by atoms with Gasteiger partial charge in [0.1, 0.15) is 0 Å². The lowest BCUT2D eigenvalue weighted by Crippen LogP contribution is -2.44. The Balaban J connectivity index is 0.00000576. The van der Waals surface area contributed by atoms with E-state index in [-0.39, 0.29) is 35.7 Å². The maximum atomic E-state index is 5.80. The highest BCUT2D eigenvalue weighted by atomic mass is 127. The van der Waals surface area contributed by atoms with Crippen LogP contribution >= 0.6 is 24.0 Å². The molecule has 1 saturated heterocycles. The average Bonchev–Trinajstić information content (AvgIpc) is 2.59. The van der Waals surface area contributed by atoms with Crippen molar-refractivity contribution in [2.24, 2.45) is 10.9 Å². The molecule has 1 atom stereocenters. The number of nitrogens with zero attached hydrogens (tertiary/aromatic N) is 1. The zero-order valence-electron chi connectivity index (χ0n) is 16.6. The summed E-state index contributed by atoms with van der Waals surface area (Å²) >= 11 is 0. The topological polar surface area (TPSA) is 64.1 Å². The molecule has 0 aromatic heterocycles. The fourth-order valence-electron chi connectivity index (χ4n) is 2.89. The van der Waals surface area contributed by atoms with Gasteiger partial charge in [0.2, 0.25) is 0 Å². The van der Waals surface area contributed by atoms with Gasteiger partial charge < -0.3 is 24.8 Å². The fraction of sp³-hybridized carbons (Fsp3) is 0.944. The standard InChI is InChI=1S/C18H37N3O3.HI/c1-6-19-17(20-11-8-16(15(3)4)24-7-2)21-14-18(22-5)9-12-23-13-10-18;/h15-16H,6-14H2,1-5H3,(H2,19,20,21);1H. The molecular formula is C18H38IN3O3. The molecule has 7 heteroatoms. The van der Waals surface area contributed by atoms with Gasteiger partial charge in [-0.15, -0.1) is 24.0 Å². The first-order valence-electron chi connectivity index (χ1n) is 9.33. The number of halogens is 1. The Morgan fingerprint density at radius 1 is 1.20 bits per heavy atom. The van der Waals surface area contributed by atoms with Crippen LogP contribution in [0.4, 0.5) is 0 Å². The summed E-state index contributed by atoms with van der Waals surface area (Å²) in [5.41, 5.74) is -0.188. The van der Waals surface area contributed by atoms with Crippen LogP contribution < -0.4 is 10.6 Å². The van der Waals surface area contributed by atoms with Gasteiger partial charge in [-0.3, -0.25) is 4.99 Å². The lowest BCUT2D eigenvalue weighted by molar-refractivity contribution is -0.0828. The Kier molecular flexibility index (Phi) is 13.9.